The Morgan fingerprint density at radius 1 is 0.811 bits per heavy atom. The number of ether oxygens (including phenoxy) is 2. The predicted octanol–water partition coefficient (Wildman–Crippen LogP) is 7.75. The lowest BCUT2D eigenvalue weighted by atomic mass is 9.32. The molecule has 5 saturated carbocycles. The summed E-state index contributed by atoms with van der Waals surface area (Å²) in [6.45, 7) is 20.7. The largest absolute Gasteiger partial charge is 0.465 e. The van der Waals surface area contributed by atoms with E-state index in [4.69, 9.17) is 9.47 Å². The summed E-state index contributed by atoms with van der Waals surface area (Å²) in [6.07, 6.45) is 14.2. The van der Waals surface area contributed by atoms with Crippen molar-refractivity contribution in [3.63, 3.8) is 0 Å². The van der Waals surface area contributed by atoms with Crippen molar-refractivity contribution >= 4 is 11.9 Å². The van der Waals surface area contributed by atoms with Gasteiger partial charge in [-0.15, -0.1) is 6.58 Å². The van der Waals surface area contributed by atoms with E-state index in [-0.39, 0.29) is 39.7 Å². The lowest BCUT2D eigenvalue weighted by molar-refractivity contribution is -0.251. The summed E-state index contributed by atoms with van der Waals surface area (Å²) in [7, 11) is 0. The van der Waals surface area contributed by atoms with Gasteiger partial charge in [0.2, 0.25) is 0 Å². The van der Waals surface area contributed by atoms with Gasteiger partial charge in [-0.3, -0.25) is 9.59 Å². The van der Waals surface area contributed by atoms with Crippen LogP contribution in [0.15, 0.2) is 12.7 Å². The van der Waals surface area contributed by atoms with Gasteiger partial charge in [0.15, 0.2) is 0 Å². The topological polar surface area (TPSA) is 52.6 Å². The molecule has 0 aromatic heterocycles. The van der Waals surface area contributed by atoms with Gasteiger partial charge < -0.3 is 9.47 Å². The molecule has 0 unspecified atom stereocenters. The Bertz CT molecular complexity index is 954. The van der Waals surface area contributed by atoms with Crippen LogP contribution in [0.1, 0.15) is 113 Å². The molecule has 208 valence electrons. The van der Waals surface area contributed by atoms with E-state index in [0.717, 1.165) is 12.8 Å². The zero-order valence-corrected chi connectivity index (χ0v) is 24.7. The van der Waals surface area contributed by atoms with Crippen LogP contribution in [0.2, 0.25) is 0 Å². The molecule has 0 spiro atoms. The van der Waals surface area contributed by atoms with E-state index in [0.29, 0.717) is 41.6 Å². The molecule has 0 bridgehead atoms. The summed E-state index contributed by atoms with van der Waals surface area (Å²) in [5, 5.41) is 0. The van der Waals surface area contributed by atoms with Crippen molar-refractivity contribution in [2.45, 2.75) is 119 Å². The Balaban J connectivity index is 1.48. The molecule has 37 heavy (non-hydrogen) atoms. The molecule has 4 heteroatoms. The first-order valence-corrected chi connectivity index (χ1v) is 15.2. The number of esters is 2. The molecule has 4 nitrogen and oxygen atoms in total. The van der Waals surface area contributed by atoms with E-state index < -0.39 is 0 Å². The minimum absolute atomic E-state index is 0.00287. The highest BCUT2D eigenvalue weighted by Crippen LogP contribution is 2.77. The van der Waals surface area contributed by atoms with E-state index in [1.165, 1.54) is 51.4 Å². The molecule has 0 amide bonds. The van der Waals surface area contributed by atoms with E-state index in [9.17, 15) is 9.59 Å². The third-order valence-electron chi connectivity index (χ3n) is 13.8. The standard InChI is InChI=1S/C33H52O4/c1-9-23-12-17-33(20-36-21(2)34)19-18-31(7)24(28(23)33)10-11-26-30(6)15-14-27(37-22(3)35)29(4,5)25(30)13-16-32(26,31)8/h9,23-28H,1,10-20H2,2-8H3/t23-,24-,25-,26+,27-,28-,30+,31-,32+,33+/m1/s1. The van der Waals surface area contributed by atoms with Crippen LogP contribution in [0.5, 0.6) is 0 Å². The maximum Gasteiger partial charge on any atom is 0.302 e. The van der Waals surface area contributed by atoms with Crippen LogP contribution in [0.4, 0.5) is 0 Å². The number of rotatable bonds is 4. The second-order valence-electron chi connectivity index (χ2n) is 15.2. The summed E-state index contributed by atoms with van der Waals surface area (Å²) >= 11 is 0. The van der Waals surface area contributed by atoms with Crippen molar-refractivity contribution in [2.24, 2.45) is 56.7 Å². The number of fused-ring (bicyclic) bond motifs is 7. The third kappa shape index (κ3) is 3.73. The SMILES string of the molecule is C=C[C@@H]1CC[C@@]2(COC(C)=O)CC[C@]3(C)[C@H](CC[C@H]4[C@@]5(C)CC[C@@H](OC(C)=O)C(C)(C)[C@H]5CC[C@@]43C)[C@@H]12. The Morgan fingerprint density at radius 3 is 2.19 bits per heavy atom. The summed E-state index contributed by atoms with van der Waals surface area (Å²) in [5.74, 6) is 2.76. The van der Waals surface area contributed by atoms with Gasteiger partial charge in [-0.05, 0) is 110 Å². The van der Waals surface area contributed by atoms with E-state index in [1.54, 1.807) is 13.8 Å². The second-order valence-corrected chi connectivity index (χ2v) is 15.2. The van der Waals surface area contributed by atoms with Crippen LogP contribution in [0.3, 0.4) is 0 Å². The third-order valence-corrected chi connectivity index (χ3v) is 13.8. The number of carbonyl (C=O) groups is 2. The van der Waals surface area contributed by atoms with Gasteiger partial charge in [0.1, 0.15) is 6.10 Å². The van der Waals surface area contributed by atoms with Gasteiger partial charge in [0.05, 0.1) is 6.61 Å². The fraction of sp³-hybridized carbons (Fsp3) is 0.879. The van der Waals surface area contributed by atoms with Crippen molar-refractivity contribution in [3.05, 3.63) is 12.7 Å². The summed E-state index contributed by atoms with van der Waals surface area (Å²) in [4.78, 5) is 23.8. The Kier molecular flexibility index (Phi) is 6.52. The predicted molar refractivity (Wildman–Crippen MR) is 147 cm³/mol. The van der Waals surface area contributed by atoms with Gasteiger partial charge in [0, 0.05) is 24.7 Å². The molecule has 0 aliphatic heterocycles. The van der Waals surface area contributed by atoms with E-state index in [1.807, 2.05) is 0 Å². The normalized spacial score (nSPS) is 50.0. The lowest BCUT2D eigenvalue weighted by Crippen LogP contribution is -2.67. The maximum atomic E-state index is 11.9. The van der Waals surface area contributed by atoms with Gasteiger partial charge in [-0.2, -0.15) is 0 Å². The second kappa shape index (κ2) is 8.85. The monoisotopic (exact) mass is 512 g/mol. The summed E-state index contributed by atoms with van der Waals surface area (Å²) in [5.41, 5.74) is 0.997. The molecular formula is C33H52O4. The van der Waals surface area contributed by atoms with Crippen molar-refractivity contribution in [1.29, 1.82) is 0 Å². The molecule has 5 aliphatic carbocycles. The molecule has 10 atom stereocenters. The summed E-state index contributed by atoms with van der Waals surface area (Å²) < 4.78 is 11.7. The van der Waals surface area contributed by atoms with Crippen molar-refractivity contribution in [3.8, 4) is 0 Å². The van der Waals surface area contributed by atoms with Crippen LogP contribution in [0.25, 0.3) is 0 Å². The maximum absolute atomic E-state index is 11.9. The minimum atomic E-state index is -0.141. The Morgan fingerprint density at radius 2 is 1.54 bits per heavy atom. The fourth-order valence-corrected chi connectivity index (χ4v) is 11.9. The van der Waals surface area contributed by atoms with Crippen LogP contribution >= 0.6 is 0 Å². The highest BCUT2D eigenvalue weighted by atomic mass is 16.5. The average molecular weight is 513 g/mol. The Labute approximate surface area is 225 Å². The van der Waals surface area contributed by atoms with Gasteiger partial charge in [-0.1, -0.05) is 40.7 Å². The van der Waals surface area contributed by atoms with Gasteiger partial charge >= 0.3 is 11.9 Å². The molecular weight excluding hydrogens is 460 g/mol. The molecule has 0 radical (unpaired) electrons. The zero-order chi connectivity index (χ0) is 27.0. The molecule has 0 N–H and O–H groups in total. The van der Waals surface area contributed by atoms with Crippen LogP contribution < -0.4 is 0 Å². The van der Waals surface area contributed by atoms with E-state index in [2.05, 4.69) is 47.3 Å². The summed E-state index contributed by atoms with van der Waals surface area (Å²) in [6, 6.07) is 0. The van der Waals surface area contributed by atoms with Gasteiger partial charge in [0.25, 0.3) is 0 Å². The first-order valence-electron chi connectivity index (χ1n) is 15.2. The number of hydrogen-bond donors (Lipinski definition) is 0. The number of allylic oxidation sites excluding steroid dienone is 1. The van der Waals surface area contributed by atoms with Crippen molar-refractivity contribution in [2.75, 3.05) is 6.61 Å². The lowest BCUT2D eigenvalue weighted by Gasteiger charge is -2.73. The van der Waals surface area contributed by atoms with Crippen molar-refractivity contribution in [1.82, 2.24) is 0 Å². The molecule has 0 heterocycles. The molecule has 5 rings (SSSR count). The van der Waals surface area contributed by atoms with Crippen molar-refractivity contribution < 1.29 is 19.1 Å². The highest BCUT2D eigenvalue weighted by molar-refractivity contribution is 5.66. The molecule has 0 saturated heterocycles. The molecule has 5 aliphatic rings. The van der Waals surface area contributed by atoms with Crippen LogP contribution in [-0.4, -0.2) is 24.6 Å². The van der Waals surface area contributed by atoms with Crippen LogP contribution in [0, 0.1) is 56.7 Å². The highest BCUT2D eigenvalue weighted by Gasteiger charge is 2.71. The quantitative estimate of drug-likeness (QED) is 0.285. The number of carbonyl (C=O) groups excluding carboxylic acids is 2. The van der Waals surface area contributed by atoms with Gasteiger partial charge in [-0.25, -0.2) is 0 Å². The molecule has 0 aromatic rings. The average Bonchev–Trinajstić information content (AvgIpc) is 3.19. The first-order chi connectivity index (χ1) is 17.2. The Hall–Kier alpha value is -1.32. The van der Waals surface area contributed by atoms with E-state index >= 15 is 0 Å². The molecule has 5 fully saturated rings. The smallest absolute Gasteiger partial charge is 0.302 e. The fourth-order valence-electron chi connectivity index (χ4n) is 11.9. The van der Waals surface area contributed by atoms with Crippen LogP contribution in [-0.2, 0) is 19.1 Å². The first kappa shape index (κ1) is 27.3. The number of hydrogen-bond acceptors (Lipinski definition) is 4. The molecule has 0 aromatic carbocycles. The minimum Gasteiger partial charge on any atom is -0.465 e. The zero-order valence-electron chi connectivity index (χ0n) is 24.7.